The number of halogens is 1. The van der Waals surface area contributed by atoms with Crippen molar-refractivity contribution in [2.24, 2.45) is 0 Å². The number of anilines is 1. The summed E-state index contributed by atoms with van der Waals surface area (Å²) in [4.78, 5) is 12.1. The van der Waals surface area contributed by atoms with E-state index >= 15 is 0 Å². The van der Waals surface area contributed by atoms with Crippen LogP contribution in [0.5, 0.6) is 0 Å². The second-order valence-electron chi connectivity index (χ2n) is 3.10. The highest BCUT2D eigenvalue weighted by Gasteiger charge is 2.12. The number of nitrogens with zero attached hydrogens (tertiary/aromatic N) is 2. The minimum Gasteiger partial charge on any atom is -0.326 e. The number of amides is 1. The predicted octanol–water partition coefficient (Wildman–Crippen LogP) is 1.04. The molecule has 1 aliphatic rings. The Morgan fingerprint density at radius 2 is 2.00 bits per heavy atom. The lowest BCUT2D eigenvalue weighted by Crippen LogP contribution is -2.35. The van der Waals surface area contributed by atoms with Gasteiger partial charge in [-0.05, 0) is 24.3 Å². The van der Waals surface area contributed by atoms with Gasteiger partial charge in [0, 0.05) is 18.1 Å². The molecule has 0 atom stereocenters. The van der Waals surface area contributed by atoms with Crippen molar-refractivity contribution in [3.63, 3.8) is 0 Å². The van der Waals surface area contributed by atoms with Gasteiger partial charge in [-0.2, -0.15) is 0 Å². The van der Waals surface area contributed by atoms with Crippen LogP contribution in [0.1, 0.15) is 0 Å². The molecule has 5 heteroatoms. The first-order valence-electron chi connectivity index (χ1n) is 4.46. The number of carbonyl (C=O) groups is 1. The standard InChI is InChI=1S/C10H10FN3O/c11-9-1-3-10(4-2-9)13-5-6-14(8-13)12-7-15/h1-7H,8H2,(H,12,15). The Kier molecular flexibility index (Phi) is 2.53. The lowest BCUT2D eigenvalue weighted by Gasteiger charge is -2.19. The molecule has 0 unspecified atom stereocenters. The summed E-state index contributed by atoms with van der Waals surface area (Å²) in [5.74, 6) is -0.259. The lowest BCUT2D eigenvalue weighted by atomic mass is 10.3. The van der Waals surface area contributed by atoms with Gasteiger partial charge in [-0.1, -0.05) is 0 Å². The predicted molar refractivity (Wildman–Crippen MR) is 53.9 cm³/mol. The average Bonchev–Trinajstić information content (AvgIpc) is 2.68. The molecule has 1 aliphatic heterocycles. The van der Waals surface area contributed by atoms with E-state index in [0.29, 0.717) is 13.1 Å². The summed E-state index contributed by atoms with van der Waals surface area (Å²) in [6, 6.07) is 6.17. The molecule has 1 N–H and O–H groups in total. The maximum absolute atomic E-state index is 12.7. The summed E-state index contributed by atoms with van der Waals surface area (Å²) in [6.45, 7) is 0.518. The molecule has 0 saturated carbocycles. The SMILES string of the molecule is O=CNN1C=CN(c2ccc(F)cc2)C1. The summed E-state index contributed by atoms with van der Waals surface area (Å²) in [5, 5.41) is 1.62. The third-order valence-electron chi connectivity index (χ3n) is 2.11. The van der Waals surface area contributed by atoms with Crippen molar-refractivity contribution in [2.75, 3.05) is 11.6 Å². The largest absolute Gasteiger partial charge is 0.326 e. The minimum absolute atomic E-state index is 0.259. The van der Waals surface area contributed by atoms with Crippen LogP contribution in [0.25, 0.3) is 0 Å². The Morgan fingerprint density at radius 3 is 2.67 bits per heavy atom. The summed E-state index contributed by atoms with van der Waals surface area (Å²) in [6.07, 6.45) is 4.15. The van der Waals surface area contributed by atoms with Gasteiger partial charge in [-0.15, -0.1) is 0 Å². The van der Waals surface area contributed by atoms with Crippen LogP contribution >= 0.6 is 0 Å². The Balaban J connectivity index is 2.05. The van der Waals surface area contributed by atoms with Crippen molar-refractivity contribution in [1.82, 2.24) is 10.4 Å². The molecule has 1 aromatic carbocycles. The lowest BCUT2D eigenvalue weighted by molar-refractivity contribution is -0.112. The molecular weight excluding hydrogens is 197 g/mol. The molecule has 0 bridgehead atoms. The van der Waals surface area contributed by atoms with E-state index in [1.807, 2.05) is 11.1 Å². The van der Waals surface area contributed by atoms with E-state index in [2.05, 4.69) is 5.43 Å². The quantitative estimate of drug-likeness (QED) is 0.752. The van der Waals surface area contributed by atoms with E-state index < -0.39 is 0 Å². The number of carbonyl (C=O) groups excluding carboxylic acids is 1. The van der Waals surface area contributed by atoms with Crippen LogP contribution in [0, 0.1) is 5.82 Å². The third-order valence-corrected chi connectivity index (χ3v) is 2.11. The highest BCUT2D eigenvalue weighted by molar-refractivity contribution is 5.51. The van der Waals surface area contributed by atoms with Gasteiger partial charge >= 0.3 is 0 Å². The molecule has 4 nitrogen and oxygen atoms in total. The van der Waals surface area contributed by atoms with Crippen LogP contribution in [0.2, 0.25) is 0 Å². The van der Waals surface area contributed by atoms with Crippen LogP contribution in [0.3, 0.4) is 0 Å². The van der Waals surface area contributed by atoms with Crippen molar-refractivity contribution in [3.05, 3.63) is 42.5 Å². The number of rotatable bonds is 3. The monoisotopic (exact) mass is 207 g/mol. The molecule has 0 radical (unpaired) electrons. The summed E-state index contributed by atoms with van der Waals surface area (Å²) in [5.41, 5.74) is 3.38. The Labute approximate surface area is 86.6 Å². The van der Waals surface area contributed by atoms with E-state index in [1.165, 1.54) is 12.1 Å². The van der Waals surface area contributed by atoms with Crippen molar-refractivity contribution >= 4 is 12.1 Å². The average molecular weight is 207 g/mol. The fourth-order valence-electron chi connectivity index (χ4n) is 1.37. The number of hydrogen-bond donors (Lipinski definition) is 1. The molecule has 1 heterocycles. The first-order valence-corrected chi connectivity index (χ1v) is 4.46. The molecule has 0 aliphatic carbocycles. The molecule has 15 heavy (non-hydrogen) atoms. The van der Waals surface area contributed by atoms with E-state index in [0.717, 1.165) is 5.69 Å². The van der Waals surface area contributed by atoms with Gasteiger partial charge < -0.3 is 4.90 Å². The van der Waals surface area contributed by atoms with Gasteiger partial charge in [0.1, 0.15) is 12.5 Å². The van der Waals surface area contributed by atoms with Crippen molar-refractivity contribution in [3.8, 4) is 0 Å². The van der Waals surface area contributed by atoms with Crippen molar-refractivity contribution < 1.29 is 9.18 Å². The second-order valence-corrected chi connectivity index (χ2v) is 3.10. The first kappa shape index (κ1) is 9.51. The molecule has 1 amide bonds. The van der Waals surface area contributed by atoms with E-state index in [9.17, 15) is 9.18 Å². The number of hydrazine groups is 1. The molecule has 2 rings (SSSR count). The van der Waals surface area contributed by atoms with Crippen LogP contribution in [0.4, 0.5) is 10.1 Å². The molecule has 1 aromatic rings. The smallest absolute Gasteiger partial charge is 0.225 e. The van der Waals surface area contributed by atoms with Gasteiger partial charge in [-0.3, -0.25) is 15.2 Å². The zero-order valence-corrected chi connectivity index (χ0v) is 7.93. The van der Waals surface area contributed by atoms with Crippen LogP contribution in [-0.4, -0.2) is 18.1 Å². The Hall–Kier alpha value is -2.04. The van der Waals surface area contributed by atoms with Crippen LogP contribution in [0.15, 0.2) is 36.7 Å². The molecule has 0 spiro atoms. The van der Waals surface area contributed by atoms with Gasteiger partial charge in [0.2, 0.25) is 6.41 Å². The Morgan fingerprint density at radius 1 is 1.27 bits per heavy atom. The van der Waals surface area contributed by atoms with E-state index in [1.54, 1.807) is 23.3 Å². The first-order chi connectivity index (χ1) is 7.29. The van der Waals surface area contributed by atoms with E-state index in [4.69, 9.17) is 0 Å². The maximum Gasteiger partial charge on any atom is 0.225 e. The van der Waals surface area contributed by atoms with Crippen LogP contribution in [-0.2, 0) is 4.79 Å². The summed E-state index contributed by atoms with van der Waals surface area (Å²) in [7, 11) is 0. The number of nitrogens with one attached hydrogen (secondary N) is 1. The zero-order chi connectivity index (χ0) is 10.7. The topological polar surface area (TPSA) is 35.6 Å². The Bertz CT molecular complexity index is 377. The van der Waals surface area contributed by atoms with Crippen molar-refractivity contribution in [2.45, 2.75) is 0 Å². The van der Waals surface area contributed by atoms with Crippen molar-refractivity contribution in [1.29, 1.82) is 0 Å². The fraction of sp³-hybridized carbons (Fsp3) is 0.100. The zero-order valence-electron chi connectivity index (χ0n) is 7.93. The normalized spacial score (nSPS) is 14.5. The minimum atomic E-state index is -0.259. The summed E-state index contributed by atoms with van der Waals surface area (Å²) >= 11 is 0. The molecule has 78 valence electrons. The molecular formula is C10H10FN3O. The number of hydrogen-bond acceptors (Lipinski definition) is 3. The maximum atomic E-state index is 12.7. The van der Waals surface area contributed by atoms with Gasteiger partial charge in [0.05, 0.1) is 0 Å². The second kappa shape index (κ2) is 4.00. The van der Waals surface area contributed by atoms with Crippen LogP contribution < -0.4 is 10.3 Å². The van der Waals surface area contributed by atoms with Gasteiger partial charge in [0.25, 0.3) is 0 Å². The molecule has 0 aromatic heterocycles. The third kappa shape index (κ3) is 2.07. The van der Waals surface area contributed by atoms with Gasteiger partial charge in [0.15, 0.2) is 0 Å². The van der Waals surface area contributed by atoms with Gasteiger partial charge in [-0.25, -0.2) is 4.39 Å². The highest BCUT2D eigenvalue weighted by Crippen LogP contribution is 2.18. The molecule has 0 fully saturated rings. The number of benzene rings is 1. The summed E-state index contributed by atoms with van der Waals surface area (Å²) < 4.78 is 12.7. The van der Waals surface area contributed by atoms with E-state index in [-0.39, 0.29) is 5.82 Å². The fourth-order valence-corrected chi connectivity index (χ4v) is 1.37. The molecule has 0 saturated heterocycles. The highest BCUT2D eigenvalue weighted by atomic mass is 19.1.